The Bertz CT molecular complexity index is 1090. The molecule has 3 heterocycles. The Morgan fingerprint density at radius 3 is 2.77 bits per heavy atom. The molecule has 2 aromatic rings. The number of Topliss-reactive ketones (excluding diaryl/α,β-unsaturated/α-hetero) is 1. The van der Waals surface area contributed by atoms with Crippen LogP contribution in [0, 0.1) is 0 Å². The molecule has 3 aliphatic rings. The molecule has 0 spiro atoms. The standard InChI is InChI=1S/C24H23NO6/c26-17-4-1-3-15(12-17)21-20(22(27)16-6-7-19-14(11-16)8-10-31-19)23(28)24(29)25(21)13-18-5-2-9-30-18/h1,3-4,6-7,11-12,18,21,26-27H,2,5,8-10,13H2/b22-20-. The van der Waals surface area contributed by atoms with E-state index in [1.165, 1.54) is 17.0 Å². The first-order valence-corrected chi connectivity index (χ1v) is 10.5. The predicted octanol–water partition coefficient (Wildman–Crippen LogP) is 2.93. The second kappa shape index (κ2) is 7.74. The number of hydrogen-bond acceptors (Lipinski definition) is 6. The van der Waals surface area contributed by atoms with Crippen molar-refractivity contribution in [3.05, 3.63) is 64.7 Å². The molecule has 160 valence electrons. The number of likely N-dealkylation sites (tertiary alicyclic amines) is 1. The second-order valence-corrected chi connectivity index (χ2v) is 8.10. The molecule has 0 saturated carbocycles. The maximum Gasteiger partial charge on any atom is 0.295 e. The largest absolute Gasteiger partial charge is 0.508 e. The number of fused-ring (bicyclic) bond motifs is 1. The molecule has 5 rings (SSSR count). The summed E-state index contributed by atoms with van der Waals surface area (Å²) in [5.41, 5.74) is 1.99. The SMILES string of the molecule is O=C1C(=O)N(CC2CCCO2)C(c2cccc(O)c2)/C1=C(/O)c1ccc2c(c1)CCO2. The number of hydrogen-bond donors (Lipinski definition) is 2. The van der Waals surface area contributed by atoms with Crippen LogP contribution < -0.4 is 4.74 Å². The first-order chi connectivity index (χ1) is 15.0. The third-order valence-electron chi connectivity index (χ3n) is 6.11. The molecule has 1 amide bonds. The van der Waals surface area contributed by atoms with Crippen molar-refractivity contribution in [2.24, 2.45) is 0 Å². The molecule has 0 aliphatic carbocycles. The fourth-order valence-corrected chi connectivity index (χ4v) is 4.61. The number of carbonyl (C=O) groups excluding carboxylic acids is 2. The van der Waals surface area contributed by atoms with Gasteiger partial charge in [0, 0.05) is 25.1 Å². The van der Waals surface area contributed by atoms with Gasteiger partial charge in [-0.05, 0) is 54.3 Å². The van der Waals surface area contributed by atoms with Crippen molar-refractivity contribution < 1.29 is 29.3 Å². The van der Waals surface area contributed by atoms with Gasteiger partial charge < -0.3 is 24.6 Å². The molecule has 2 unspecified atom stereocenters. The summed E-state index contributed by atoms with van der Waals surface area (Å²) < 4.78 is 11.2. The summed E-state index contributed by atoms with van der Waals surface area (Å²) in [7, 11) is 0. The van der Waals surface area contributed by atoms with Crippen molar-refractivity contribution in [3.8, 4) is 11.5 Å². The van der Waals surface area contributed by atoms with Crippen molar-refractivity contribution in [2.45, 2.75) is 31.4 Å². The van der Waals surface area contributed by atoms with Crippen molar-refractivity contribution in [1.82, 2.24) is 4.90 Å². The number of benzene rings is 2. The van der Waals surface area contributed by atoms with Crippen molar-refractivity contribution in [2.75, 3.05) is 19.8 Å². The summed E-state index contributed by atoms with van der Waals surface area (Å²) >= 11 is 0. The van der Waals surface area contributed by atoms with Crippen LogP contribution in [0.25, 0.3) is 5.76 Å². The zero-order valence-corrected chi connectivity index (χ0v) is 16.9. The maximum absolute atomic E-state index is 13.1. The highest BCUT2D eigenvalue weighted by atomic mass is 16.5. The van der Waals surface area contributed by atoms with Gasteiger partial charge in [0.2, 0.25) is 0 Å². The van der Waals surface area contributed by atoms with E-state index in [1.807, 2.05) is 0 Å². The molecule has 0 aromatic heterocycles. The van der Waals surface area contributed by atoms with Gasteiger partial charge in [-0.25, -0.2) is 0 Å². The van der Waals surface area contributed by atoms with Crippen LogP contribution >= 0.6 is 0 Å². The number of phenolic OH excluding ortho intramolecular Hbond substituents is 1. The van der Waals surface area contributed by atoms with Gasteiger partial charge >= 0.3 is 0 Å². The lowest BCUT2D eigenvalue weighted by atomic mass is 9.94. The molecule has 7 heteroatoms. The first kappa shape index (κ1) is 19.6. The summed E-state index contributed by atoms with van der Waals surface area (Å²) in [6.45, 7) is 1.46. The van der Waals surface area contributed by atoms with Gasteiger partial charge in [-0.15, -0.1) is 0 Å². The summed E-state index contributed by atoms with van der Waals surface area (Å²) in [4.78, 5) is 27.5. The van der Waals surface area contributed by atoms with Crippen LogP contribution in [-0.2, 0) is 20.7 Å². The van der Waals surface area contributed by atoms with E-state index in [9.17, 15) is 19.8 Å². The number of aliphatic hydroxyl groups is 1. The Labute approximate surface area is 179 Å². The zero-order chi connectivity index (χ0) is 21.5. The molecule has 2 saturated heterocycles. The van der Waals surface area contributed by atoms with Crippen LogP contribution in [0.15, 0.2) is 48.0 Å². The van der Waals surface area contributed by atoms with E-state index in [0.29, 0.717) is 24.3 Å². The lowest BCUT2D eigenvalue weighted by Gasteiger charge is -2.27. The monoisotopic (exact) mass is 421 g/mol. The minimum atomic E-state index is -0.805. The topological polar surface area (TPSA) is 96.3 Å². The third kappa shape index (κ3) is 3.45. The van der Waals surface area contributed by atoms with Crippen molar-refractivity contribution in [3.63, 3.8) is 0 Å². The normalized spacial score (nSPS) is 24.5. The van der Waals surface area contributed by atoms with Gasteiger partial charge in [-0.1, -0.05) is 12.1 Å². The van der Waals surface area contributed by atoms with E-state index < -0.39 is 17.7 Å². The Hall–Kier alpha value is -3.32. The van der Waals surface area contributed by atoms with Gasteiger partial charge in [-0.2, -0.15) is 0 Å². The lowest BCUT2D eigenvalue weighted by Crippen LogP contribution is -2.36. The molecular weight excluding hydrogens is 398 g/mol. The summed E-state index contributed by atoms with van der Waals surface area (Å²) in [6.07, 6.45) is 2.28. The van der Waals surface area contributed by atoms with Crippen molar-refractivity contribution >= 4 is 17.4 Å². The highest BCUT2D eigenvalue weighted by Crippen LogP contribution is 2.41. The van der Waals surface area contributed by atoms with Crippen LogP contribution in [0.5, 0.6) is 11.5 Å². The molecule has 31 heavy (non-hydrogen) atoms. The fraction of sp³-hybridized carbons (Fsp3) is 0.333. The van der Waals surface area contributed by atoms with Gasteiger partial charge in [-0.3, -0.25) is 9.59 Å². The molecule has 2 fully saturated rings. The lowest BCUT2D eigenvalue weighted by molar-refractivity contribution is -0.140. The van der Waals surface area contributed by atoms with E-state index in [-0.39, 0.29) is 29.7 Å². The van der Waals surface area contributed by atoms with Gasteiger partial charge in [0.1, 0.15) is 17.3 Å². The predicted molar refractivity (Wildman–Crippen MR) is 112 cm³/mol. The average Bonchev–Trinajstić information content (AvgIpc) is 3.50. The van der Waals surface area contributed by atoms with E-state index >= 15 is 0 Å². The third-order valence-corrected chi connectivity index (χ3v) is 6.11. The summed E-state index contributed by atoms with van der Waals surface area (Å²) in [5.74, 6) is -0.846. The van der Waals surface area contributed by atoms with Crippen LogP contribution in [0.3, 0.4) is 0 Å². The van der Waals surface area contributed by atoms with Gasteiger partial charge in [0.05, 0.1) is 24.3 Å². The molecule has 0 bridgehead atoms. The summed E-state index contributed by atoms with van der Waals surface area (Å²) in [5, 5.41) is 21.2. The number of amides is 1. The number of aromatic hydroxyl groups is 1. The fourth-order valence-electron chi connectivity index (χ4n) is 4.61. The summed E-state index contributed by atoms with van der Waals surface area (Å²) in [6, 6.07) is 10.9. The van der Waals surface area contributed by atoms with E-state index in [2.05, 4.69) is 0 Å². The number of phenols is 1. The molecular formula is C24H23NO6. The molecule has 3 aliphatic heterocycles. The zero-order valence-electron chi connectivity index (χ0n) is 16.9. The number of ether oxygens (including phenoxy) is 2. The van der Waals surface area contributed by atoms with E-state index in [0.717, 1.165) is 30.6 Å². The number of ketones is 1. The minimum absolute atomic E-state index is 0.0208. The molecule has 0 radical (unpaired) electrons. The smallest absolute Gasteiger partial charge is 0.295 e. The number of aliphatic hydroxyl groups excluding tert-OH is 1. The van der Waals surface area contributed by atoms with E-state index in [1.54, 1.807) is 30.3 Å². The Balaban J connectivity index is 1.61. The highest BCUT2D eigenvalue weighted by Gasteiger charge is 2.47. The molecule has 2 aromatic carbocycles. The van der Waals surface area contributed by atoms with Gasteiger partial charge in [0.15, 0.2) is 0 Å². The van der Waals surface area contributed by atoms with Crippen LogP contribution in [0.2, 0.25) is 0 Å². The van der Waals surface area contributed by atoms with Gasteiger partial charge in [0.25, 0.3) is 11.7 Å². The number of nitrogens with zero attached hydrogens (tertiary/aromatic N) is 1. The maximum atomic E-state index is 13.1. The second-order valence-electron chi connectivity index (χ2n) is 8.10. The molecule has 7 nitrogen and oxygen atoms in total. The number of rotatable bonds is 4. The quantitative estimate of drug-likeness (QED) is 0.448. The first-order valence-electron chi connectivity index (χ1n) is 10.5. The highest BCUT2D eigenvalue weighted by molar-refractivity contribution is 6.46. The molecule has 2 N–H and O–H groups in total. The average molecular weight is 421 g/mol. The number of carbonyl (C=O) groups is 2. The Morgan fingerprint density at radius 2 is 2.00 bits per heavy atom. The Kier molecular flexibility index (Phi) is 4.90. The van der Waals surface area contributed by atoms with Crippen LogP contribution in [0.4, 0.5) is 0 Å². The van der Waals surface area contributed by atoms with Crippen LogP contribution in [0.1, 0.15) is 35.6 Å². The minimum Gasteiger partial charge on any atom is -0.508 e. The van der Waals surface area contributed by atoms with E-state index in [4.69, 9.17) is 9.47 Å². The molecule has 2 atom stereocenters. The van der Waals surface area contributed by atoms with Crippen molar-refractivity contribution in [1.29, 1.82) is 0 Å². The Morgan fingerprint density at radius 1 is 1.13 bits per heavy atom. The van der Waals surface area contributed by atoms with Crippen LogP contribution in [-0.4, -0.2) is 52.7 Å².